The third-order valence-electron chi connectivity index (χ3n) is 6.54. The van der Waals surface area contributed by atoms with Crippen LogP contribution in [-0.2, 0) is 6.42 Å². The first-order valence-electron chi connectivity index (χ1n) is 7.92. The molecule has 110 valence electrons. The topological polar surface area (TPSA) is 12.0 Å². The van der Waals surface area contributed by atoms with E-state index in [2.05, 4.69) is 26.1 Å². The Labute approximate surface area is 122 Å². The molecule has 3 rings (SSSR count). The van der Waals surface area contributed by atoms with E-state index in [1.54, 1.807) is 12.1 Å². The lowest BCUT2D eigenvalue weighted by atomic mass is 9.69. The molecule has 1 aromatic carbocycles. The van der Waals surface area contributed by atoms with Crippen molar-refractivity contribution in [2.75, 3.05) is 6.54 Å². The van der Waals surface area contributed by atoms with Crippen molar-refractivity contribution in [3.8, 4) is 0 Å². The summed E-state index contributed by atoms with van der Waals surface area (Å²) in [6.45, 7) is 8.19. The molecule has 20 heavy (non-hydrogen) atoms. The summed E-state index contributed by atoms with van der Waals surface area (Å²) in [7, 11) is 0. The molecule has 0 radical (unpaired) electrons. The van der Waals surface area contributed by atoms with Crippen LogP contribution in [0.15, 0.2) is 24.3 Å². The maximum atomic E-state index is 13.6. The fourth-order valence-electron chi connectivity index (χ4n) is 4.59. The zero-order valence-corrected chi connectivity index (χ0v) is 12.9. The number of halogens is 1. The number of fused-ring (bicyclic) bond motifs is 2. The molecule has 2 aliphatic carbocycles. The summed E-state index contributed by atoms with van der Waals surface area (Å²) < 4.78 is 13.6. The van der Waals surface area contributed by atoms with E-state index in [-0.39, 0.29) is 5.82 Å². The SMILES string of the molecule is CC1(C)C2CCC1(C)C(NCCc1ccccc1F)C2. The van der Waals surface area contributed by atoms with Gasteiger partial charge in [0.05, 0.1) is 0 Å². The molecule has 2 heteroatoms. The van der Waals surface area contributed by atoms with Crippen molar-refractivity contribution in [1.29, 1.82) is 0 Å². The average Bonchev–Trinajstić information content (AvgIpc) is 2.74. The third kappa shape index (κ3) is 2.00. The van der Waals surface area contributed by atoms with E-state index < -0.39 is 0 Å². The number of hydrogen-bond donors (Lipinski definition) is 1. The molecule has 2 aliphatic rings. The highest BCUT2D eigenvalue weighted by Gasteiger charge is 2.60. The van der Waals surface area contributed by atoms with Crippen molar-refractivity contribution in [3.63, 3.8) is 0 Å². The van der Waals surface area contributed by atoms with Crippen LogP contribution in [0.2, 0.25) is 0 Å². The van der Waals surface area contributed by atoms with E-state index in [0.29, 0.717) is 16.9 Å². The molecule has 0 amide bonds. The predicted molar refractivity (Wildman–Crippen MR) is 81.1 cm³/mol. The van der Waals surface area contributed by atoms with Crippen molar-refractivity contribution in [3.05, 3.63) is 35.6 Å². The third-order valence-corrected chi connectivity index (χ3v) is 6.54. The zero-order valence-electron chi connectivity index (χ0n) is 12.9. The van der Waals surface area contributed by atoms with E-state index in [4.69, 9.17) is 0 Å². The largest absolute Gasteiger partial charge is 0.313 e. The molecule has 0 aliphatic heterocycles. The molecule has 1 N–H and O–H groups in total. The molecule has 0 aromatic heterocycles. The zero-order chi connectivity index (χ0) is 14.4. The highest BCUT2D eigenvalue weighted by Crippen LogP contribution is 2.65. The lowest BCUT2D eigenvalue weighted by molar-refractivity contribution is 0.121. The van der Waals surface area contributed by atoms with Gasteiger partial charge < -0.3 is 5.32 Å². The van der Waals surface area contributed by atoms with Crippen molar-refractivity contribution in [2.45, 2.75) is 52.5 Å². The van der Waals surface area contributed by atoms with Crippen LogP contribution in [0, 0.1) is 22.6 Å². The van der Waals surface area contributed by atoms with Crippen molar-refractivity contribution in [1.82, 2.24) is 5.32 Å². The van der Waals surface area contributed by atoms with Crippen LogP contribution >= 0.6 is 0 Å². The van der Waals surface area contributed by atoms with Gasteiger partial charge in [0, 0.05) is 6.04 Å². The minimum atomic E-state index is -0.0752. The summed E-state index contributed by atoms with van der Waals surface area (Å²) in [6.07, 6.45) is 4.79. The molecule has 1 nitrogen and oxygen atoms in total. The lowest BCUT2D eigenvalue weighted by Gasteiger charge is -2.39. The molecular weight excluding hydrogens is 249 g/mol. The fourth-order valence-corrected chi connectivity index (χ4v) is 4.59. The van der Waals surface area contributed by atoms with Gasteiger partial charge in [-0.2, -0.15) is 0 Å². The van der Waals surface area contributed by atoms with Gasteiger partial charge in [0.1, 0.15) is 5.82 Å². The summed E-state index contributed by atoms with van der Waals surface area (Å²) in [5, 5.41) is 3.72. The summed E-state index contributed by atoms with van der Waals surface area (Å²) in [5.74, 6) is 0.784. The van der Waals surface area contributed by atoms with Crippen LogP contribution in [0.25, 0.3) is 0 Å². The number of nitrogens with one attached hydrogen (secondary N) is 1. The van der Waals surface area contributed by atoms with Crippen molar-refractivity contribution < 1.29 is 4.39 Å². The Bertz CT molecular complexity index is 496. The molecule has 2 saturated carbocycles. The number of hydrogen-bond acceptors (Lipinski definition) is 1. The Morgan fingerprint density at radius 3 is 2.60 bits per heavy atom. The number of rotatable bonds is 4. The van der Waals surface area contributed by atoms with Gasteiger partial charge in [0.15, 0.2) is 0 Å². The Kier molecular flexibility index (Phi) is 3.40. The average molecular weight is 275 g/mol. The standard InChI is InChI=1S/C18H26FN/c1-17(2)14-8-10-18(17,3)16(12-14)20-11-9-13-6-4-5-7-15(13)19/h4-7,14,16,20H,8-12H2,1-3H3. The van der Waals surface area contributed by atoms with Crippen LogP contribution in [0.5, 0.6) is 0 Å². The molecule has 0 spiro atoms. The molecule has 2 bridgehead atoms. The predicted octanol–water partition coefficient (Wildman–Crippen LogP) is 4.17. The summed E-state index contributed by atoms with van der Waals surface area (Å²) in [6, 6.07) is 7.72. The van der Waals surface area contributed by atoms with Crippen molar-refractivity contribution >= 4 is 0 Å². The Morgan fingerprint density at radius 2 is 2.00 bits per heavy atom. The minimum absolute atomic E-state index is 0.0752. The Balaban J connectivity index is 1.60. The van der Waals surface area contributed by atoms with E-state index in [1.165, 1.54) is 19.3 Å². The maximum Gasteiger partial charge on any atom is 0.126 e. The molecule has 1 aromatic rings. The molecule has 0 heterocycles. The van der Waals surface area contributed by atoms with Crippen molar-refractivity contribution in [2.24, 2.45) is 16.7 Å². The first-order valence-corrected chi connectivity index (χ1v) is 7.92. The van der Waals surface area contributed by atoms with Gasteiger partial charge >= 0.3 is 0 Å². The second-order valence-electron chi connectivity index (χ2n) is 7.46. The lowest BCUT2D eigenvalue weighted by Crippen LogP contribution is -2.45. The molecule has 3 atom stereocenters. The van der Waals surface area contributed by atoms with E-state index in [9.17, 15) is 4.39 Å². The van der Waals surface area contributed by atoms with E-state index in [1.807, 2.05) is 12.1 Å². The first kappa shape index (κ1) is 14.1. The van der Waals surface area contributed by atoms with Gasteiger partial charge in [0.2, 0.25) is 0 Å². The normalized spacial score (nSPS) is 34.6. The fraction of sp³-hybridized carbons (Fsp3) is 0.667. The summed E-state index contributed by atoms with van der Waals surface area (Å²) in [5.41, 5.74) is 1.68. The van der Waals surface area contributed by atoms with Crippen LogP contribution < -0.4 is 5.32 Å². The second kappa shape index (κ2) is 4.84. The van der Waals surface area contributed by atoms with Gasteiger partial charge in [0.25, 0.3) is 0 Å². The van der Waals surface area contributed by atoms with Gasteiger partial charge in [-0.3, -0.25) is 0 Å². The highest BCUT2D eigenvalue weighted by atomic mass is 19.1. The Morgan fingerprint density at radius 1 is 1.25 bits per heavy atom. The summed E-state index contributed by atoms with van der Waals surface area (Å²) in [4.78, 5) is 0. The van der Waals surface area contributed by atoms with Gasteiger partial charge in [-0.05, 0) is 60.6 Å². The quantitative estimate of drug-likeness (QED) is 0.869. The first-order chi connectivity index (χ1) is 9.45. The Hall–Kier alpha value is -0.890. The number of benzene rings is 1. The maximum absolute atomic E-state index is 13.6. The molecule has 2 fully saturated rings. The monoisotopic (exact) mass is 275 g/mol. The smallest absolute Gasteiger partial charge is 0.126 e. The van der Waals surface area contributed by atoms with Crippen LogP contribution in [-0.4, -0.2) is 12.6 Å². The minimum Gasteiger partial charge on any atom is -0.313 e. The van der Waals surface area contributed by atoms with Crippen LogP contribution in [0.3, 0.4) is 0 Å². The van der Waals surface area contributed by atoms with E-state index in [0.717, 1.165) is 24.4 Å². The second-order valence-corrected chi connectivity index (χ2v) is 7.46. The van der Waals surface area contributed by atoms with E-state index >= 15 is 0 Å². The van der Waals surface area contributed by atoms with Crippen LogP contribution in [0.4, 0.5) is 4.39 Å². The van der Waals surface area contributed by atoms with Gasteiger partial charge in [-0.1, -0.05) is 39.0 Å². The molecule has 3 unspecified atom stereocenters. The van der Waals surface area contributed by atoms with Gasteiger partial charge in [-0.15, -0.1) is 0 Å². The molecular formula is C18H26FN. The highest BCUT2D eigenvalue weighted by molar-refractivity contribution is 5.18. The van der Waals surface area contributed by atoms with Gasteiger partial charge in [-0.25, -0.2) is 4.39 Å². The van der Waals surface area contributed by atoms with Crippen LogP contribution in [0.1, 0.15) is 45.6 Å². The summed E-state index contributed by atoms with van der Waals surface area (Å²) >= 11 is 0. The molecule has 0 saturated heterocycles.